The first-order chi connectivity index (χ1) is 15.8. The summed E-state index contributed by atoms with van der Waals surface area (Å²) in [5.41, 5.74) is 1.24. The van der Waals surface area contributed by atoms with Gasteiger partial charge in [-0.2, -0.15) is 0 Å². The second kappa shape index (κ2) is 9.73. The van der Waals surface area contributed by atoms with Gasteiger partial charge in [-0.05, 0) is 25.0 Å². The Kier molecular flexibility index (Phi) is 6.39. The standard InChI is InChI=1S/C24H32N6O2/c31-24(30-12-10-27(11-13-30)21-4-2-1-3-5-21)20-6-8-28(9-7-20)22-18-23(26-19-25-22)29-14-16-32-17-15-29/h1-5,18-20H,6-17H2. The lowest BCUT2D eigenvalue weighted by atomic mass is 9.95. The average molecular weight is 437 g/mol. The molecule has 32 heavy (non-hydrogen) atoms. The molecule has 0 bridgehead atoms. The molecule has 5 rings (SSSR count). The van der Waals surface area contributed by atoms with E-state index in [1.165, 1.54) is 5.69 Å². The fraction of sp³-hybridized carbons (Fsp3) is 0.542. The van der Waals surface area contributed by atoms with Crippen molar-refractivity contribution in [3.8, 4) is 0 Å². The number of piperidine rings is 1. The summed E-state index contributed by atoms with van der Waals surface area (Å²) in [4.78, 5) is 31.1. The Morgan fingerprint density at radius 2 is 1.41 bits per heavy atom. The van der Waals surface area contributed by atoms with E-state index < -0.39 is 0 Å². The van der Waals surface area contributed by atoms with E-state index in [0.29, 0.717) is 5.91 Å². The minimum absolute atomic E-state index is 0.120. The highest BCUT2D eigenvalue weighted by Crippen LogP contribution is 2.26. The molecule has 3 aliphatic heterocycles. The van der Waals surface area contributed by atoms with Gasteiger partial charge in [-0.3, -0.25) is 4.79 Å². The van der Waals surface area contributed by atoms with Gasteiger partial charge in [-0.1, -0.05) is 18.2 Å². The van der Waals surface area contributed by atoms with E-state index in [9.17, 15) is 4.79 Å². The Morgan fingerprint density at radius 1 is 0.781 bits per heavy atom. The van der Waals surface area contributed by atoms with Gasteiger partial charge in [-0.25, -0.2) is 9.97 Å². The summed E-state index contributed by atoms with van der Waals surface area (Å²) in [6.07, 6.45) is 3.42. The molecule has 0 N–H and O–H groups in total. The van der Waals surface area contributed by atoms with Crippen LogP contribution in [0, 0.1) is 5.92 Å². The van der Waals surface area contributed by atoms with E-state index in [1.54, 1.807) is 6.33 Å². The maximum absolute atomic E-state index is 13.1. The van der Waals surface area contributed by atoms with E-state index in [4.69, 9.17) is 4.74 Å². The van der Waals surface area contributed by atoms with Crippen LogP contribution in [0.25, 0.3) is 0 Å². The lowest BCUT2D eigenvalue weighted by Gasteiger charge is -2.39. The fourth-order valence-corrected chi connectivity index (χ4v) is 4.91. The Balaban J connectivity index is 1.13. The molecule has 0 saturated carbocycles. The highest BCUT2D eigenvalue weighted by molar-refractivity contribution is 5.79. The molecule has 8 nitrogen and oxygen atoms in total. The van der Waals surface area contributed by atoms with Crippen LogP contribution >= 0.6 is 0 Å². The number of carbonyl (C=O) groups excluding carboxylic acids is 1. The van der Waals surface area contributed by atoms with Crippen LogP contribution in [0.3, 0.4) is 0 Å². The third kappa shape index (κ3) is 4.65. The number of para-hydroxylation sites is 1. The number of carbonyl (C=O) groups is 1. The zero-order valence-electron chi connectivity index (χ0n) is 18.6. The zero-order chi connectivity index (χ0) is 21.8. The van der Waals surface area contributed by atoms with Crippen LogP contribution in [0.2, 0.25) is 0 Å². The number of benzene rings is 1. The normalized spacial score (nSPS) is 20.5. The van der Waals surface area contributed by atoms with E-state index in [2.05, 4.69) is 59.9 Å². The Labute approximate surface area is 189 Å². The van der Waals surface area contributed by atoms with Gasteiger partial charge in [0.15, 0.2) is 0 Å². The minimum atomic E-state index is 0.120. The van der Waals surface area contributed by atoms with Crippen molar-refractivity contribution < 1.29 is 9.53 Å². The van der Waals surface area contributed by atoms with Crippen molar-refractivity contribution >= 4 is 23.2 Å². The summed E-state index contributed by atoms with van der Waals surface area (Å²) in [5.74, 6) is 2.38. The molecule has 8 heteroatoms. The minimum Gasteiger partial charge on any atom is -0.378 e. The third-order valence-corrected chi connectivity index (χ3v) is 6.85. The van der Waals surface area contributed by atoms with Crippen LogP contribution < -0.4 is 14.7 Å². The van der Waals surface area contributed by atoms with Crippen LogP contribution in [0.15, 0.2) is 42.7 Å². The topological polar surface area (TPSA) is 65.0 Å². The van der Waals surface area contributed by atoms with Crippen molar-refractivity contribution in [2.45, 2.75) is 12.8 Å². The molecule has 1 aromatic carbocycles. The molecular weight excluding hydrogens is 404 g/mol. The quantitative estimate of drug-likeness (QED) is 0.725. The van der Waals surface area contributed by atoms with E-state index in [0.717, 1.165) is 90.0 Å². The Hall–Kier alpha value is -2.87. The van der Waals surface area contributed by atoms with Crippen LogP contribution in [0.1, 0.15) is 12.8 Å². The van der Waals surface area contributed by atoms with Gasteiger partial charge in [-0.15, -0.1) is 0 Å². The summed E-state index contributed by atoms with van der Waals surface area (Å²) in [6.45, 7) is 8.36. The van der Waals surface area contributed by atoms with Crippen LogP contribution in [0.4, 0.5) is 17.3 Å². The monoisotopic (exact) mass is 436 g/mol. The zero-order valence-corrected chi connectivity index (χ0v) is 18.6. The lowest BCUT2D eigenvalue weighted by molar-refractivity contribution is -0.136. The molecule has 170 valence electrons. The van der Waals surface area contributed by atoms with Crippen LogP contribution in [0.5, 0.6) is 0 Å². The first-order valence-corrected chi connectivity index (χ1v) is 11.8. The number of hydrogen-bond donors (Lipinski definition) is 0. The summed E-state index contributed by atoms with van der Waals surface area (Å²) in [7, 11) is 0. The van der Waals surface area contributed by atoms with Gasteiger partial charge in [0.05, 0.1) is 13.2 Å². The first kappa shape index (κ1) is 21.0. The Bertz CT molecular complexity index is 888. The molecular formula is C24H32N6O2. The molecule has 0 unspecified atom stereocenters. The number of ether oxygens (including phenoxy) is 1. The SMILES string of the molecule is O=C(C1CCN(c2cc(N3CCOCC3)ncn2)CC1)N1CCN(c2ccccc2)CC1. The lowest BCUT2D eigenvalue weighted by Crippen LogP contribution is -2.51. The maximum Gasteiger partial charge on any atom is 0.225 e. The summed E-state index contributed by atoms with van der Waals surface area (Å²) >= 11 is 0. The van der Waals surface area contributed by atoms with E-state index in [1.807, 2.05) is 6.07 Å². The van der Waals surface area contributed by atoms with Gasteiger partial charge < -0.3 is 24.3 Å². The van der Waals surface area contributed by atoms with Gasteiger partial charge >= 0.3 is 0 Å². The number of rotatable bonds is 4. The molecule has 4 heterocycles. The molecule has 0 atom stereocenters. The summed E-state index contributed by atoms with van der Waals surface area (Å²) in [5, 5.41) is 0. The van der Waals surface area contributed by atoms with E-state index >= 15 is 0 Å². The number of amides is 1. The third-order valence-electron chi connectivity index (χ3n) is 6.85. The molecule has 3 fully saturated rings. The van der Waals surface area contributed by atoms with Crippen LogP contribution in [-0.2, 0) is 9.53 Å². The van der Waals surface area contributed by atoms with Gasteiger partial charge in [0.25, 0.3) is 0 Å². The molecule has 0 spiro atoms. The van der Waals surface area contributed by atoms with Crippen molar-refractivity contribution in [2.75, 3.05) is 80.3 Å². The van der Waals surface area contributed by atoms with E-state index in [-0.39, 0.29) is 5.92 Å². The maximum atomic E-state index is 13.1. The number of hydrogen-bond acceptors (Lipinski definition) is 7. The van der Waals surface area contributed by atoms with Crippen LogP contribution in [-0.4, -0.2) is 86.3 Å². The molecule has 3 aliphatic rings. The molecule has 1 aromatic heterocycles. The van der Waals surface area contributed by atoms with Crippen molar-refractivity contribution in [2.24, 2.45) is 5.92 Å². The first-order valence-electron chi connectivity index (χ1n) is 11.8. The van der Waals surface area contributed by atoms with Gasteiger partial charge in [0, 0.05) is 70.0 Å². The molecule has 0 radical (unpaired) electrons. The number of anilines is 3. The summed E-state index contributed by atoms with van der Waals surface area (Å²) in [6, 6.07) is 12.6. The highest BCUT2D eigenvalue weighted by atomic mass is 16.5. The number of morpholine rings is 1. The molecule has 3 saturated heterocycles. The molecule has 2 aromatic rings. The number of aromatic nitrogens is 2. The van der Waals surface area contributed by atoms with Crippen molar-refractivity contribution in [1.82, 2.24) is 14.9 Å². The predicted molar refractivity (Wildman–Crippen MR) is 125 cm³/mol. The van der Waals surface area contributed by atoms with Crippen molar-refractivity contribution in [3.63, 3.8) is 0 Å². The average Bonchev–Trinajstić information content (AvgIpc) is 2.89. The molecule has 0 aliphatic carbocycles. The number of piperazine rings is 1. The number of nitrogens with zero attached hydrogens (tertiary/aromatic N) is 6. The van der Waals surface area contributed by atoms with Crippen molar-refractivity contribution in [1.29, 1.82) is 0 Å². The predicted octanol–water partition coefficient (Wildman–Crippen LogP) is 1.88. The fourth-order valence-electron chi connectivity index (χ4n) is 4.91. The molecule has 1 amide bonds. The second-order valence-electron chi connectivity index (χ2n) is 8.74. The van der Waals surface area contributed by atoms with Gasteiger partial charge in [0.1, 0.15) is 18.0 Å². The van der Waals surface area contributed by atoms with Crippen molar-refractivity contribution in [3.05, 3.63) is 42.7 Å². The largest absolute Gasteiger partial charge is 0.378 e. The summed E-state index contributed by atoms with van der Waals surface area (Å²) < 4.78 is 5.45. The smallest absolute Gasteiger partial charge is 0.225 e. The van der Waals surface area contributed by atoms with Gasteiger partial charge in [0.2, 0.25) is 5.91 Å². The second-order valence-corrected chi connectivity index (χ2v) is 8.74. The highest BCUT2D eigenvalue weighted by Gasteiger charge is 2.31. The Morgan fingerprint density at radius 3 is 2.06 bits per heavy atom.